The molecule has 27 heavy (non-hydrogen) atoms. The first-order valence-electron chi connectivity index (χ1n) is 10.1. The van der Waals surface area contributed by atoms with E-state index in [1.54, 1.807) is 0 Å². The summed E-state index contributed by atoms with van der Waals surface area (Å²) in [6.07, 6.45) is 6.11. The number of hydrogen-bond acceptors (Lipinski definition) is 5. The van der Waals surface area contributed by atoms with Crippen molar-refractivity contribution in [2.45, 2.75) is 64.0 Å². The van der Waals surface area contributed by atoms with Gasteiger partial charge in [-0.1, -0.05) is 0 Å². The molecule has 1 saturated carbocycles. The van der Waals surface area contributed by atoms with Gasteiger partial charge < -0.3 is 14.9 Å². The highest BCUT2D eigenvalue weighted by Crippen LogP contribution is 2.43. The largest absolute Gasteiger partial charge is 0.393 e. The minimum absolute atomic E-state index is 0.191. The summed E-state index contributed by atoms with van der Waals surface area (Å²) in [4.78, 5) is 22.3. The Bertz CT molecular complexity index is 766. The fourth-order valence-electron chi connectivity index (χ4n) is 5.11. The molecule has 144 valence electrons. The van der Waals surface area contributed by atoms with Gasteiger partial charge in [0.05, 0.1) is 22.8 Å². The summed E-state index contributed by atoms with van der Waals surface area (Å²) in [6, 6.07) is 6.20. The molecule has 3 fully saturated rings. The van der Waals surface area contributed by atoms with Gasteiger partial charge in [-0.15, -0.1) is 0 Å². The van der Waals surface area contributed by atoms with Gasteiger partial charge in [-0.25, -0.2) is 4.98 Å². The number of amides is 1. The molecule has 1 aromatic heterocycles. The van der Waals surface area contributed by atoms with Crippen LogP contribution in [-0.2, 0) is 4.79 Å². The number of rotatable bonds is 2. The van der Waals surface area contributed by atoms with Gasteiger partial charge >= 0.3 is 0 Å². The molecule has 4 rings (SSSR count). The Hall–Kier alpha value is -2.13. The van der Waals surface area contributed by atoms with Gasteiger partial charge in [0.25, 0.3) is 0 Å². The van der Waals surface area contributed by atoms with Crippen LogP contribution in [0.5, 0.6) is 0 Å². The summed E-state index contributed by atoms with van der Waals surface area (Å²) in [5.74, 6) is 1.18. The van der Waals surface area contributed by atoms with E-state index in [1.807, 2.05) is 19.1 Å². The zero-order chi connectivity index (χ0) is 19.0. The summed E-state index contributed by atoms with van der Waals surface area (Å²) in [6.45, 7) is 4.33. The Labute approximate surface area is 160 Å². The first kappa shape index (κ1) is 18.2. The van der Waals surface area contributed by atoms with Crippen LogP contribution in [-0.4, -0.2) is 52.7 Å². The fraction of sp³-hybridized carbons (Fsp3) is 0.667. The monoisotopic (exact) mass is 368 g/mol. The van der Waals surface area contributed by atoms with Gasteiger partial charge in [-0.05, 0) is 64.0 Å². The molecular weight excluding hydrogens is 340 g/mol. The topological polar surface area (TPSA) is 80.5 Å². The van der Waals surface area contributed by atoms with Gasteiger partial charge in [0, 0.05) is 25.7 Å². The normalized spacial score (nSPS) is 31.4. The number of nitrogens with zero attached hydrogens (tertiary/aromatic N) is 4. The number of aliphatic hydroxyl groups excluding tert-OH is 1. The van der Waals surface area contributed by atoms with E-state index in [1.165, 1.54) is 0 Å². The van der Waals surface area contributed by atoms with Crippen LogP contribution >= 0.6 is 0 Å². The maximum Gasteiger partial charge on any atom is 0.230 e. The number of carbonyl (C=O) groups excluding carboxylic acids is 1. The SMILES string of the molecule is Cc1nc(N2CCC[C@@]3(CCN([C@H]4CC[C@@H](O)CC4)C3=O)C2)ccc1C#N. The molecule has 2 saturated heterocycles. The molecule has 0 aromatic carbocycles. The molecule has 6 heteroatoms. The predicted molar refractivity (Wildman–Crippen MR) is 102 cm³/mol. The predicted octanol–water partition coefficient (Wildman–Crippen LogP) is 2.38. The van der Waals surface area contributed by atoms with E-state index < -0.39 is 0 Å². The second-order valence-electron chi connectivity index (χ2n) is 8.43. The summed E-state index contributed by atoms with van der Waals surface area (Å²) in [7, 11) is 0. The van der Waals surface area contributed by atoms with E-state index in [0.717, 1.165) is 76.1 Å². The van der Waals surface area contributed by atoms with E-state index in [2.05, 4.69) is 20.9 Å². The average molecular weight is 368 g/mol. The van der Waals surface area contributed by atoms with E-state index >= 15 is 0 Å². The highest BCUT2D eigenvalue weighted by Gasteiger charge is 2.50. The van der Waals surface area contributed by atoms with Gasteiger partial charge in [-0.3, -0.25) is 4.79 Å². The van der Waals surface area contributed by atoms with Crippen molar-refractivity contribution < 1.29 is 9.90 Å². The lowest BCUT2D eigenvalue weighted by Gasteiger charge is -2.41. The number of anilines is 1. The standard InChI is InChI=1S/C21H28N4O2/c1-15-16(13-22)3-8-19(23-15)24-11-2-9-21(14-24)10-12-25(20(21)27)17-4-6-18(26)7-5-17/h3,8,17-18,26H,2,4-7,9-12,14H2,1H3/t17-,18+,21-/m1/s1. The van der Waals surface area contributed by atoms with Crippen LogP contribution in [0.3, 0.4) is 0 Å². The fourth-order valence-corrected chi connectivity index (χ4v) is 5.11. The number of carbonyl (C=O) groups is 1. The molecule has 1 aromatic rings. The maximum absolute atomic E-state index is 13.4. The van der Waals surface area contributed by atoms with Crippen LogP contribution in [0.4, 0.5) is 5.82 Å². The number of piperidine rings is 1. The van der Waals surface area contributed by atoms with Crippen LogP contribution in [0.15, 0.2) is 12.1 Å². The highest BCUT2D eigenvalue weighted by molar-refractivity contribution is 5.86. The smallest absolute Gasteiger partial charge is 0.230 e. The Morgan fingerprint density at radius 1 is 1.22 bits per heavy atom. The molecule has 0 unspecified atom stereocenters. The van der Waals surface area contributed by atoms with Crippen LogP contribution in [0.2, 0.25) is 0 Å². The molecule has 6 nitrogen and oxygen atoms in total. The van der Waals surface area contributed by atoms with Gasteiger partial charge in [0.15, 0.2) is 0 Å². The molecule has 1 spiro atoms. The van der Waals surface area contributed by atoms with E-state index in [9.17, 15) is 9.90 Å². The quantitative estimate of drug-likeness (QED) is 0.867. The van der Waals surface area contributed by atoms with Crippen LogP contribution in [0, 0.1) is 23.7 Å². The number of aromatic nitrogens is 1. The van der Waals surface area contributed by atoms with E-state index in [-0.39, 0.29) is 11.5 Å². The molecule has 1 amide bonds. The third kappa shape index (κ3) is 3.29. The van der Waals surface area contributed by atoms with Crippen molar-refractivity contribution in [2.24, 2.45) is 5.41 Å². The molecule has 0 bridgehead atoms. The first-order valence-corrected chi connectivity index (χ1v) is 10.1. The van der Waals surface area contributed by atoms with Crippen LogP contribution < -0.4 is 4.90 Å². The number of aliphatic hydroxyl groups is 1. The number of hydrogen-bond donors (Lipinski definition) is 1. The Balaban J connectivity index is 1.50. The summed E-state index contributed by atoms with van der Waals surface area (Å²) in [5, 5.41) is 18.9. The molecule has 1 aliphatic carbocycles. The second kappa shape index (κ2) is 7.12. The number of likely N-dealkylation sites (tertiary alicyclic amines) is 1. The molecular formula is C21H28N4O2. The molecule has 1 N–H and O–H groups in total. The van der Waals surface area contributed by atoms with Crippen molar-refractivity contribution in [3.8, 4) is 6.07 Å². The molecule has 3 heterocycles. The van der Waals surface area contributed by atoms with Crippen molar-refractivity contribution in [3.63, 3.8) is 0 Å². The Morgan fingerprint density at radius 2 is 2.00 bits per heavy atom. The lowest BCUT2D eigenvalue weighted by molar-refractivity contribution is -0.139. The number of pyridine rings is 1. The van der Waals surface area contributed by atoms with E-state index in [0.29, 0.717) is 17.5 Å². The van der Waals surface area contributed by atoms with Gasteiger partial charge in [-0.2, -0.15) is 5.26 Å². The lowest BCUT2D eigenvalue weighted by Crippen LogP contribution is -2.50. The third-order valence-corrected chi connectivity index (χ3v) is 6.75. The maximum atomic E-state index is 13.4. The highest BCUT2D eigenvalue weighted by atomic mass is 16.3. The zero-order valence-corrected chi connectivity index (χ0v) is 16.0. The zero-order valence-electron chi connectivity index (χ0n) is 16.0. The summed E-state index contributed by atoms with van der Waals surface area (Å²) in [5.41, 5.74) is 1.06. The molecule has 3 aliphatic rings. The van der Waals surface area contributed by atoms with Crippen molar-refractivity contribution in [1.29, 1.82) is 5.26 Å². The van der Waals surface area contributed by atoms with Crippen molar-refractivity contribution in [3.05, 3.63) is 23.4 Å². The lowest BCUT2D eigenvalue weighted by atomic mass is 9.78. The summed E-state index contributed by atoms with van der Waals surface area (Å²) < 4.78 is 0. The minimum atomic E-state index is -0.294. The first-order chi connectivity index (χ1) is 13.0. The van der Waals surface area contributed by atoms with Crippen molar-refractivity contribution >= 4 is 11.7 Å². The van der Waals surface area contributed by atoms with Crippen molar-refractivity contribution in [1.82, 2.24) is 9.88 Å². The Morgan fingerprint density at radius 3 is 2.70 bits per heavy atom. The minimum Gasteiger partial charge on any atom is -0.393 e. The number of nitriles is 1. The number of aryl methyl sites for hydroxylation is 1. The third-order valence-electron chi connectivity index (χ3n) is 6.75. The van der Waals surface area contributed by atoms with Crippen LogP contribution in [0.1, 0.15) is 56.2 Å². The van der Waals surface area contributed by atoms with Gasteiger partial charge in [0.2, 0.25) is 5.91 Å². The average Bonchev–Trinajstić information content (AvgIpc) is 2.98. The molecule has 0 radical (unpaired) electrons. The van der Waals surface area contributed by atoms with Crippen LogP contribution in [0.25, 0.3) is 0 Å². The Kier molecular flexibility index (Phi) is 4.81. The van der Waals surface area contributed by atoms with Crippen molar-refractivity contribution in [2.75, 3.05) is 24.5 Å². The second-order valence-corrected chi connectivity index (χ2v) is 8.43. The van der Waals surface area contributed by atoms with E-state index in [4.69, 9.17) is 5.26 Å². The summed E-state index contributed by atoms with van der Waals surface area (Å²) >= 11 is 0. The molecule has 2 aliphatic heterocycles. The molecule has 1 atom stereocenters. The van der Waals surface area contributed by atoms with Gasteiger partial charge in [0.1, 0.15) is 11.9 Å².